The first-order valence-corrected chi connectivity index (χ1v) is 11.1. The Labute approximate surface area is 181 Å². The zero-order valence-corrected chi connectivity index (χ0v) is 18.3. The van der Waals surface area contributed by atoms with Crippen molar-refractivity contribution in [1.82, 2.24) is 5.32 Å². The molecule has 0 bridgehead atoms. The van der Waals surface area contributed by atoms with Crippen molar-refractivity contribution in [2.24, 2.45) is 0 Å². The van der Waals surface area contributed by atoms with Crippen molar-refractivity contribution >= 4 is 34.4 Å². The number of hydrogen-bond acceptors (Lipinski definition) is 5. The van der Waals surface area contributed by atoms with Crippen LogP contribution in [0, 0.1) is 0 Å². The molecule has 0 radical (unpaired) electrons. The minimum Gasteiger partial charge on any atom is -0.468 e. The average molecular weight is 426 g/mol. The van der Waals surface area contributed by atoms with Gasteiger partial charge in [0.25, 0.3) is 0 Å². The Hall–Kier alpha value is -2.73. The molecule has 1 amide bonds. The number of ketones is 1. The van der Waals surface area contributed by atoms with E-state index in [2.05, 4.69) is 5.32 Å². The molecular formula is C24H27NO4S. The maximum atomic E-state index is 13.0. The van der Waals surface area contributed by atoms with Crippen LogP contribution in [0.4, 0.5) is 4.79 Å². The summed E-state index contributed by atoms with van der Waals surface area (Å²) in [4.78, 5) is 25.4. The van der Waals surface area contributed by atoms with Crippen LogP contribution in [0.3, 0.4) is 0 Å². The highest BCUT2D eigenvalue weighted by molar-refractivity contribution is 7.99. The molecule has 0 aliphatic heterocycles. The maximum absolute atomic E-state index is 13.0. The average Bonchev–Trinajstić information content (AvgIpc) is 3.19. The third-order valence-corrected chi connectivity index (χ3v) is 5.43. The van der Waals surface area contributed by atoms with Crippen LogP contribution in [0.15, 0.2) is 65.3 Å². The van der Waals surface area contributed by atoms with Crippen molar-refractivity contribution in [3.8, 4) is 0 Å². The fraction of sp³-hybridized carbons (Fsp3) is 0.333. The molecule has 5 nitrogen and oxygen atoms in total. The van der Waals surface area contributed by atoms with Gasteiger partial charge in [0, 0.05) is 6.42 Å². The van der Waals surface area contributed by atoms with E-state index in [-0.39, 0.29) is 11.5 Å². The van der Waals surface area contributed by atoms with Crippen LogP contribution in [-0.4, -0.2) is 29.3 Å². The molecule has 30 heavy (non-hydrogen) atoms. The van der Waals surface area contributed by atoms with Crippen molar-refractivity contribution in [3.05, 3.63) is 72.2 Å². The number of nitrogens with one attached hydrogen (secondary N) is 1. The summed E-state index contributed by atoms with van der Waals surface area (Å²) in [7, 11) is 0. The lowest BCUT2D eigenvalue weighted by Crippen LogP contribution is -2.45. The largest absolute Gasteiger partial charge is 0.468 e. The molecule has 0 saturated heterocycles. The van der Waals surface area contributed by atoms with E-state index in [1.165, 1.54) is 11.8 Å². The SMILES string of the molecule is CC(C)(C)OC(=O)N[C@@H](Cc1cccc2ccccc12)C(=O)CSCc1ccco1. The molecular weight excluding hydrogens is 398 g/mol. The molecule has 158 valence electrons. The standard InChI is InChI=1S/C24H27NO4S/c1-24(2,3)29-23(27)25-21(22(26)16-30-15-19-11-7-13-28-19)14-18-10-6-9-17-8-4-5-12-20(17)18/h4-13,21H,14-16H2,1-3H3,(H,25,27)/t21-/m0/s1. The van der Waals surface area contributed by atoms with Crippen molar-refractivity contribution in [1.29, 1.82) is 0 Å². The number of fused-ring (bicyclic) bond motifs is 1. The van der Waals surface area contributed by atoms with E-state index in [0.717, 1.165) is 22.1 Å². The number of rotatable bonds is 8. The van der Waals surface area contributed by atoms with Crippen LogP contribution in [0.5, 0.6) is 0 Å². The van der Waals surface area contributed by atoms with E-state index in [4.69, 9.17) is 9.15 Å². The molecule has 0 saturated carbocycles. The number of hydrogen-bond donors (Lipinski definition) is 1. The van der Waals surface area contributed by atoms with Gasteiger partial charge in [-0.25, -0.2) is 4.79 Å². The first-order valence-electron chi connectivity index (χ1n) is 9.91. The number of amides is 1. The van der Waals surface area contributed by atoms with Gasteiger partial charge >= 0.3 is 6.09 Å². The van der Waals surface area contributed by atoms with Gasteiger partial charge in [0.05, 0.1) is 23.8 Å². The molecule has 0 aliphatic rings. The lowest BCUT2D eigenvalue weighted by molar-refractivity contribution is -0.118. The van der Waals surface area contributed by atoms with E-state index in [9.17, 15) is 9.59 Å². The molecule has 0 spiro atoms. The molecule has 1 aromatic heterocycles. The summed E-state index contributed by atoms with van der Waals surface area (Å²) in [5.41, 5.74) is 0.379. The lowest BCUT2D eigenvalue weighted by atomic mass is 9.97. The number of furan rings is 1. The third-order valence-electron chi connectivity index (χ3n) is 4.45. The summed E-state index contributed by atoms with van der Waals surface area (Å²) in [5.74, 6) is 1.64. The predicted molar refractivity (Wildman–Crippen MR) is 121 cm³/mol. The maximum Gasteiger partial charge on any atom is 0.408 e. The first kappa shape index (κ1) is 22.0. The summed E-state index contributed by atoms with van der Waals surface area (Å²) in [6.07, 6.45) is 1.43. The number of Topliss-reactive ketones (excluding diaryl/α,β-unsaturated/α-hetero) is 1. The van der Waals surface area contributed by atoms with Gasteiger partial charge in [0.1, 0.15) is 11.4 Å². The highest BCUT2D eigenvalue weighted by Crippen LogP contribution is 2.21. The molecule has 1 heterocycles. The fourth-order valence-corrected chi connectivity index (χ4v) is 4.00. The predicted octanol–water partition coefficient (Wildman–Crippen LogP) is 5.37. The molecule has 3 aromatic rings. The summed E-state index contributed by atoms with van der Waals surface area (Å²) in [6.45, 7) is 5.40. The van der Waals surface area contributed by atoms with Crippen molar-refractivity contribution in [3.63, 3.8) is 0 Å². The van der Waals surface area contributed by atoms with Gasteiger partial charge in [-0.05, 0) is 49.2 Å². The zero-order chi connectivity index (χ0) is 21.6. The van der Waals surface area contributed by atoms with Crippen molar-refractivity contribution in [2.45, 2.75) is 44.6 Å². The van der Waals surface area contributed by atoms with Crippen LogP contribution in [0.1, 0.15) is 32.1 Å². The Morgan fingerprint density at radius 2 is 1.83 bits per heavy atom. The van der Waals surface area contributed by atoms with Crippen LogP contribution in [0.25, 0.3) is 10.8 Å². The molecule has 1 N–H and O–H groups in total. The molecule has 0 fully saturated rings. The number of carbonyl (C=O) groups excluding carboxylic acids is 2. The molecule has 3 rings (SSSR count). The fourth-order valence-electron chi connectivity index (χ4n) is 3.13. The van der Waals surface area contributed by atoms with E-state index in [1.807, 2.05) is 54.6 Å². The summed E-state index contributed by atoms with van der Waals surface area (Å²) in [6, 6.07) is 17.1. The Bertz CT molecular complexity index is 987. The number of thioether (sulfide) groups is 1. The Kier molecular flexibility index (Phi) is 7.21. The van der Waals surface area contributed by atoms with Crippen LogP contribution >= 0.6 is 11.8 Å². The molecule has 0 aliphatic carbocycles. The third kappa shape index (κ3) is 6.39. The van der Waals surface area contributed by atoms with E-state index >= 15 is 0 Å². The van der Waals surface area contributed by atoms with Crippen molar-refractivity contribution in [2.75, 3.05) is 5.75 Å². The van der Waals surface area contributed by atoms with Gasteiger partial charge < -0.3 is 14.5 Å². The lowest BCUT2D eigenvalue weighted by Gasteiger charge is -2.23. The zero-order valence-electron chi connectivity index (χ0n) is 17.5. The van der Waals surface area contributed by atoms with Crippen LogP contribution in [-0.2, 0) is 21.7 Å². The van der Waals surface area contributed by atoms with Gasteiger partial charge in [0.2, 0.25) is 0 Å². The number of ether oxygens (including phenoxy) is 1. The van der Waals surface area contributed by atoms with Crippen LogP contribution in [0.2, 0.25) is 0 Å². The molecule has 1 atom stereocenters. The summed E-state index contributed by atoms with van der Waals surface area (Å²) < 4.78 is 10.7. The highest BCUT2D eigenvalue weighted by Gasteiger charge is 2.25. The Morgan fingerprint density at radius 1 is 1.07 bits per heavy atom. The summed E-state index contributed by atoms with van der Waals surface area (Å²) >= 11 is 1.47. The van der Waals surface area contributed by atoms with Crippen LogP contribution < -0.4 is 5.32 Å². The molecule has 2 aromatic carbocycles. The second kappa shape index (κ2) is 9.85. The second-order valence-electron chi connectivity index (χ2n) is 8.08. The topological polar surface area (TPSA) is 68.5 Å². The van der Waals surface area contributed by atoms with Crippen molar-refractivity contribution < 1.29 is 18.7 Å². The quantitative estimate of drug-likeness (QED) is 0.525. The van der Waals surface area contributed by atoms with Gasteiger partial charge in [-0.15, -0.1) is 11.8 Å². The Morgan fingerprint density at radius 3 is 2.57 bits per heavy atom. The van der Waals surface area contributed by atoms with Gasteiger partial charge in [-0.2, -0.15) is 0 Å². The highest BCUT2D eigenvalue weighted by atomic mass is 32.2. The smallest absolute Gasteiger partial charge is 0.408 e. The second-order valence-corrected chi connectivity index (χ2v) is 9.07. The molecule has 6 heteroatoms. The number of carbonyl (C=O) groups is 2. The Balaban J connectivity index is 1.74. The van der Waals surface area contributed by atoms with Gasteiger partial charge in [-0.3, -0.25) is 4.79 Å². The number of benzene rings is 2. The van der Waals surface area contributed by atoms with Gasteiger partial charge in [-0.1, -0.05) is 42.5 Å². The van der Waals surface area contributed by atoms with Gasteiger partial charge in [0.15, 0.2) is 5.78 Å². The van der Waals surface area contributed by atoms with E-state index in [1.54, 1.807) is 27.0 Å². The number of alkyl carbamates (subject to hydrolysis) is 1. The minimum atomic E-state index is -0.672. The van der Waals surface area contributed by atoms with E-state index < -0.39 is 17.7 Å². The first-order chi connectivity index (χ1) is 14.3. The monoisotopic (exact) mass is 425 g/mol. The molecule has 0 unspecified atom stereocenters. The summed E-state index contributed by atoms with van der Waals surface area (Å²) in [5, 5.41) is 4.96. The van der Waals surface area contributed by atoms with E-state index in [0.29, 0.717) is 12.2 Å². The minimum absolute atomic E-state index is 0.0506. The normalized spacial score (nSPS) is 12.5.